The molecule has 0 atom stereocenters. The van der Waals surface area contributed by atoms with Gasteiger partial charge in [-0.3, -0.25) is 0 Å². The van der Waals surface area contributed by atoms with Crippen molar-refractivity contribution < 1.29 is 0 Å². The first-order chi connectivity index (χ1) is 28.8. The van der Waals surface area contributed by atoms with Crippen LogP contribution >= 0.6 is 0 Å². The molecule has 0 bridgehead atoms. The summed E-state index contributed by atoms with van der Waals surface area (Å²) in [6.07, 6.45) is 0. The van der Waals surface area contributed by atoms with E-state index in [4.69, 9.17) is 0 Å². The zero-order valence-electron chi connectivity index (χ0n) is 31.8. The molecule has 0 aliphatic heterocycles. The maximum Gasteiger partial charge on any atom is -0.00139 e. The second kappa shape index (κ2) is 13.0. The molecule has 0 fully saturated rings. The number of fused-ring (bicyclic) bond motifs is 13. The van der Waals surface area contributed by atoms with Crippen LogP contribution in [0.1, 0.15) is 0 Å². The van der Waals surface area contributed by atoms with E-state index in [-0.39, 0.29) is 0 Å². The van der Waals surface area contributed by atoms with Gasteiger partial charge < -0.3 is 0 Å². The van der Waals surface area contributed by atoms with Crippen molar-refractivity contribution in [2.24, 2.45) is 0 Å². The average molecular weight is 733 g/mol. The molecular weight excluding hydrogens is 697 g/mol. The minimum atomic E-state index is 1.22. The first-order valence-electron chi connectivity index (χ1n) is 20.2. The molecule has 0 aliphatic carbocycles. The Bertz CT molecular complexity index is 3350. The van der Waals surface area contributed by atoms with Gasteiger partial charge in [0.1, 0.15) is 0 Å². The Labute approximate surface area is 336 Å². The quantitative estimate of drug-likeness (QED) is 0.158. The minimum absolute atomic E-state index is 1.22. The normalized spacial score (nSPS) is 11.8. The molecule has 12 rings (SSSR count). The van der Waals surface area contributed by atoms with Crippen molar-refractivity contribution in [3.63, 3.8) is 0 Å². The fraction of sp³-hybridized carbons (Fsp3) is 0. The highest BCUT2D eigenvalue weighted by atomic mass is 14.2. The van der Waals surface area contributed by atoms with Crippen molar-refractivity contribution in [2.45, 2.75) is 0 Å². The third-order valence-corrected chi connectivity index (χ3v) is 12.4. The SMILES string of the molecule is c1ccc(-c2c(-c3ccc4c(c3)c3ccccc3c3c5ccc(-c6ccc7ccccc7c6-c6ccccc6)cc5c5ccccc5c43)ccc3ccccc23)cc1. The summed E-state index contributed by atoms with van der Waals surface area (Å²) in [5.41, 5.74) is 9.95. The first-order valence-corrected chi connectivity index (χ1v) is 20.2. The predicted molar refractivity (Wildman–Crippen MR) is 251 cm³/mol. The van der Waals surface area contributed by atoms with Crippen molar-refractivity contribution in [1.29, 1.82) is 0 Å². The highest BCUT2D eigenvalue weighted by Crippen LogP contribution is 2.47. The van der Waals surface area contributed by atoms with Gasteiger partial charge in [-0.1, -0.05) is 206 Å². The lowest BCUT2D eigenvalue weighted by Gasteiger charge is -2.19. The molecule has 0 aliphatic rings. The summed E-state index contributed by atoms with van der Waals surface area (Å²) in [6.45, 7) is 0. The molecule has 0 aromatic heterocycles. The van der Waals surface area contributed by atoms with E-state index < -0.39 is 0 Å². The molecule has 58 heavy (non-hydrogen) atoms. The Morgan fingerprint density at radius 2 is 0.534 bits per heavy atom. The first kappa shape index (κ1) is 32.7. The summed E-state index contributed by atoms with van der Waals surface area (Å²) in [7, 11) is 0. The average Bonchev–Trinajstić information content (AvgIpc) is 3.31. The smallest absolute Gasteiger partial charge is 0.00139 e. The summed E-state index contributed by atoms with van der Waals surface area (Å²) in [6, 6.07) is 80.8. The van der Waals surface area contributed by atoms with Gasteiger partial charge in [-0.25, -0.2) is 0 Å². The van der Waals surface area contributed by atoms with Gasteiger partial charge >= 0.3 is 0 Å². The van der Waals surface area contributed by atoms with E-state index in [9.17, 15) is 0 Å². The molecule has 0 saturated heterocycles. The monoisotopic (exact) mass is 732 g/mol. The minimum Gasteiger partial charge on any atom is -0.0622 e. The van der Waals surface area contributed by atoms with Crippen LogP contribution in [0.25, 0.3) is 120 Å². The van der Waals surface area contributed by atoms with Crippen molar-refractivity contribution in [3.05, 3.63) is 218 Å². The second-order valence-electron chi connectivity index (χ2n) is 15.5. The maximum absolute atomic E-state index is 2.44. The molecule has 0 nitrogen and oxygen atoms in total. The molecule has 0 heteroatoms. The van der Waals surface area contributed by atoms with Gasteiger partial charge in [0.2, 0.25) is 0 Å². The van der Waals surface area contributed by atoms with E-state index in [0.717, 1.165) is 0 Å². The van der Waals surface area contributed by atoms with Gasteiger partial charge in [-0.05, 0) is 132 Å². The summed E-state index contributed by atoms with van der Waals surface area (Å²) in [5, 5.41) is 17.9. The highest BCUT2D eigenvalue weighted by Gasteiger charge is 2.20. The number of hydrogen-bond donors (Lipinski definition) is 0. The van der Waals surface area contributed by atoms with Crippen LogP contribution in [0.4, 0.5) is 0 Å². The number of hydrogen-bond acceptors (Lipinski definition) is 0. The Morgan fingerprint density at radius 3 is 0.966 bits per heavy atom. The number of benzene rings is 12. The fourth-order valence-corrected chi connectivity index (χ4v) is 9.86. The van der Waals surface area contributed by atoms with E-state index in [0.29, 0.717) is 0 Å². The van der Waals surface area contributed by atoms with Crippen LogP contribution in [-0.4, -0.2) is 0 Å². The second-order valence-corrected chi connectivity index (χ2v) is 15.5. The van der Waals surface area contributed by atoms with E-state index in [1.807, 2.05) is 0 Å². The zero-order valence-corrected chi connectivity index (χ0v) is 31.8. The topological polar surface area (TPSA) is 0 Å². The summed E-state index contributed by atoms with van der Waals surface area (Å²) in [5.74, 6) is 0. The van der Waals surface area contributed by atoms with Crippen molar-refractivity contribution in [2.75, 3.05) is 0 Å². The van der Waals surface area contributed by atoms with Crippen LogP contribution in [0.3, 0.4) is 0 Å². The largest absolute Gasteiger partial charge is 0.0622 e. The van der Waals surface area contributed by atoms with Gasteiger partial charge in [-0.2, -0.15) is 0 Å². The Balaban J connectivity index is 1.15. The molecule has 0 spiro atoms. The van der Waals surface area contributed by atoms with Gasteiger partial charge in [0.05, 0.1) is 0 Å². The number of rotatable bonds is 4. The van der Waals surface area contributed by atoms with Crippen LogP contribution in [0.15, 0.2) is 218 Å². The molecule has 0 heterocycles. The lowest BCUT2D eigenvalue weighted by atomic mass is 9.84. The summed E-state index contributed by atoms with van der Waals surface area (Å²) >= 11 is 0. The molecule has 0 N–H and O–H groups in total. The third-order valence-electron chi connectivity index (χ3n) is 12.4. The van der Waals surface area contributed by atoms with Crippen LogP contribution in [0.2, 0.25) is 0 Å². The van der Waals surface area contributed by atoms with Crippen LogP contribution < -0.4 is 0 Å². The van der Waals surface area contributed by atoms with E-state index in [1.165, 1.54) is 120 Å². The van der Waals surface area contributed by atoms with Crippen molar-refractivity contribution in [1.82, 2.24) is 0 Å². The summed E-state index contributed by atoms with van der Waals surface area (Å²) < 4.78 is 0. The van der Waals surface area contributed by atoms with Crippen LogP contribution in [0.5, 0.6) is 0 Å². The molecule has 268 valence electrons. The molecule has 0 amide bonds. The van der Waals surface area contributed by atoms with Crippen LogP contribution in [-0.2, 0) is 0 Å². The van der Waals surface area contributed by atoms with Crippen LogP contribution in [0, 0.1) is 0 Å². The fourth-order valence-electron chi connectivity index (χ4n) is 9.86. The Morgan fingerprint density at radius 1 is 0.190 bits per heavy atom. The molecule has 12 aromatic carbocycles. The molecule has 0 saturated carbocycles. The lowest BCUT2D eigenvalue weighted by Crippen LogP contribution is -1.92. The maximum atomic E-state index is 2.44. The standard InChI is InChI=1S/C58H36/c1-3-17-39(18-4-1)55-43-21-9-7-15-37(43)27-31-45(55)41-29-33-51-53(35-41)47-23-11-13-25-49(47)58-52-34-30-42(36-54(52)48-24-12-14-26-50(48)57(51)58)46-32-28-38-16-8-10-22-44(38)56(46)40-19-5-2-6-20-40/h1-36H. The molecule has 12 aromatic rings. The Kier molecular flexibility index (Phi) is 7.33. The van der Waals surface area contributed by atoms with Gasteiger partial charge in [0.15, 0.2) is 0 Å². The summed E-state index contributed by atoms with van der Waals surface area (Å²) in [4.78, 5) is 0. The lowest BCUT2D eigenvalue weighted by molar-refractivity contribution is 1.62. The van der Waals surface area contributed by atoms with Gasteiger partial charge in [0.25, 0.3) is 0 Å². The highest BCUT2D eigenvalue weighted by molar-refractivity contribution is 6.39. The van der Waals surface area contributed by atoms with Crippen molar-refractivity contribution in [3.8, 4) is 44.5 Å². The van der Waals surface area contributed by atoms with E-state index in [2.05, 4.69) is 218 Å². The van der Waals surface area contributed by atoms with Gasteiger partial charge in [0, 0.05) is 0 Å². The zero-order chi connectivity index (χ0) is 38.2. The molecular formula is C58H36. The third kappa shape index (κ3) is 4.95. The van der Waals surface area contributed by atoms with Crippen molar-refractivity contribution >= 4 is 75.4 Å². The predicted octanol–water partition coefficient (Wildman–Crippen LogP) is 16.4. The Hall–Kier alpha value is -7.54. The molecule has 0 unspecified atom stereocenters. The van der Waals surface area contributed by atoms with E-state index >= 15 is 0 Å². The molecule has 0 radical (unpaired) electrons. The van der Waals surface area contributed by atoms with E-state index in [1.54, 1.807) is 0 Å². The van der Waals surface area contributed by atoms with Gasteiger partial charge in [-0.15, -0.1) is 0 Å².